The summed E-state index contributed by atoms with van der Waals surface area (Å²) < 4.78 is 10.8. The number of fused-ring (bicyclic) bond motifs is 1. The summed E-state index contributed by atoms with van der Waals surface area (Å²) in [4.78, 5) is 26.8. The Hall–Kier alpha value is -2.90. The topological polar surface area (TPSA) is 97.6 Å². The molecule has 0 radical (unpaired) electrons. The second-order valence-electron chi connectivity index (χ2n) is 6.05. The van der Waals surface area contributed by atoms with E-state index in [4.69, 9.17) is 9.15 Å². The van der Waals surface area contributed by atoms with Gasteiger partial charge in [-0.05, 0) is 30.7 Å². The molecule has 1 aromatic carbocycles. The number of carbonyl (C=O) groups excluding carboxylic acids is 2. The van der Waals surface area contributed by atoms with Gasteiger partial charge < -0.3 is 19.4 Å². The Kier molecular flexibility index (Phi) is 5.20. The van der Waals surface area contributed by atoms with Gasteiger partial charge in [0.15, 0.2) is 0 Å². The molecule has 0 bridgehead atoms. The van der Waals surface area contributed by atoms with Gasteiger partial charge in [-0.15, -0.1) is 10.2 Å². The molecular weight excluding hydrogens is 336 g/mol. The summed E-state index contributed by atoms with van der Waals surface area (Å²) in [5, 5.41) is 10.7. The zero-order valence-corrected chi connectivity index (χ0v) is 15.1. The quantitative estimate of drug-likeness (QED) is 0.849. The van der Waals surface area contributed by atoms with E-state index in [1.807, 2.05) is 13.8 Å². The van der Waals surface area contributed by atoms with Gasteiger partial charge in [-0.2, -0.15) is 0 Å². The van der Waals surface area contributed by atoms with Gasteiger partial charge in [0.2, 0.25) is 23.6 Å². The van der Waals surface area contributed by atoms with E-state index in [0.717, 1.165) is 5.56 Å². The van der Waals surface area contributed by atoms with Crippen molar-refractivity contribution in [1.82, 2.24) is 15.1 Å². The van der Waals surface area contributed by atoms with Crippen LogP contribution in [0.4, 0.5) is 5.69 Å². The van der Waals surface area contributed by atoms with Gasteiger partial charge in [0.25, 0.3) is 0 Å². The largest absolute Gasteiger partial charge is 0.497 e. The lowest BCUT2D eigenvalue weighted by Gasteiger charge is -2.29. The fourth-order valence-corrected chi connectivity index (χ4v) is 3.01. The molecule has 1 aliphatic rings. The van der Waals surface area contributed by atoms with E-state index < -0.39 is 5.92 Å². The Morgan fingerprint density at radius 1 is 1.35 bits per heavy atom. The van der Waals surface area contributed by atoms with Crippen LogP contribution in [0.15, 0.2) is 22.6 Å². The van der Waals surface area contributed by atoms with Crippen molar-refractivity contribution in [2.75, 3.05) is 19.0 Å². The van der Waals surface area contributed by atoms with Crippen LogP contribution in [-0.4, -0.2) is 40.6 Å². The molecule has 8 heteroatoms. The highest BCUT2D eigenvalue weighted by atomic mass is 16.5. The van der Waals surface area contributed by atoms with E-state index in [1.165, 1.54) is 0 Å². The maximum atomic E-state index is 13.1. The first kappa shape index (κ1) is 17.9. The van der Waals surface area contributed by atoms with E-state index in [1.54, 1.807) is 30.2 Å². The summed E-state index contributed by atoms with van der Waals surface area (Å²) >= 11 is 0. The maximum absolute atomic E-state index is 13.1. The number of nitrogens with one attached hydrogen (secondary N) is 1. The summed E-state index contributed by atoms with van der Waals surface area (Å²) in [6, 6.07) is 5.31. The fraction of sp³-hybridized carbons (Fsp3) is 0.444. The first-order valence-electron chi connectivity index (χ1n) is 8.63. The van der Waals surface area contributed by atoms with Crippen molar-refractivity contribution < 1.29 is 18.7 Å². The highest BCUT2D eigenvalue weighted by Gasteiger charge is 2.34. The summed E-state index contributed by atoms with van der Waals surface area (Å²) in [6.45, 7) is 4.50. The molecule has 1 unspecified atom stereocenters. The third-order valence-corrected chi connectivity index (χ3v) is 4.43. The first-order valence-corrected chi connectivity index (χ1v) is 8.63. The molecule has 2 aromatic rings. The van der Waals surface area contributed by atoms with Gasteiger partial charge in [-0.25, -0.2) is 0 Å². The van der Waals surface area contributed by atoms with Crippen molar-refractivity contribution in [2.45, 2.75) is 39.2 Å². The van der Waals surface area contributed by atoms with Crippen LogP contribution in [0.3, 0.4) is 0 Å². The Morgan fingerprint density at radius 3 is 2.77 bits per heavy atom. The van der Waals surface area contributed by atoms with Crippen LogP contribution >= 0.6 is 0 Å². The molecule has 0 aliphatic carbocycles. The Morgan fingerprint density at radius 2 is 2.12 bits per heavy atom. The van der Waals surface area contributed by atoms with Gasteiger partial charge in [0.1, 0.15) is 5.75 Å². The smallest absolute Gasteiger partial charge is 0.235 e. The van der Waals surface area contributed by atoms with E-state index >= 15 is 0 Å². The van der Waals surface area contributed by atoms with Crippen LogP contribution in [-0.2, 0) is 22.6 Å². The molecule has 0 fully saturated rings. The van der Waals surface area contributed by atoms with E-state index in [0.29, 0.717) is 36.2 Å². The number of benzene rings is 1. The summed E-state index contributed by atoms with van der Waals surface area (Å²) in [7, 11) is 1.57. The maximum Gasteiger partial charge on any atom is 0.235 e. The van der Waals surface area contributed by atoms with Crippen LogP contribution in [0.1, 0.15) is 43.5 Å². The summed E-state index contributed by atoms with van der Waals surface area (Å²) in [5.41, 5.74) is 1.40. The van der Waals surface area contributed by atoms with Gasteiger partial charge >= 0.3 is 0 Å². The zero-order valence-electron chi connectivity index (χ0n) is 15.1. The zero-order chi connectivity index (χ0) is 18.7. The molecule has 1 atom stereocenters. The Balaban J connectivity index is 1.86. The average molecular weight is 358 g/mol. The number of rotatable bonds is 6. The molecule has 0 saturated carbocycles. The summed E-state index contributed by atoms with van der Waals surface area (Å²) in [6.07, 6.45) is 0.739. The predicted octanol–water partition coefficient (Wildman–Crippen LogP) is 2.12. The van der Waals surface area contributed by atoms with Crippen LogP contribution in [0, 0.1) is 0 Å². The number of carbonyl (C=O) groups is 2. The van der Waals surface area contributed by atoms with Crippen molar-refractivity contribution >= 4 is 17.5 Å². The van der Waals surface area contributed by atoms with Crippen molar-refractivity contribution in [3.8, 4) is 5.75 Å². The number of aryl methyl sites for hydroxylation is 1. The lowest BCUT2D eigenvalue weighted by atomic mass is 9.89. The first-order chi connectivity index (χ1) is 12.5. The van der Waals surface area contributed by atoms with E-state index in [-0.39, 0.29) is 24.8 Å². The monoisotopic (exact) mass is 358 g/mol. The molecule has 3 rings (SSSR count). The highest BCUT2D eigenvalue weighted by Crippen LogP contribution is 2.36. The molecule has 0 spiro atoms. The van der Waals surface area contributed by atoms with Crippen LogP contribution in [0.5, 0.6) is 5.75 Å². The third-order valence-electron chi connectivity index (χ3n) is 4.43. The number of amides is 2. The Labute approximate surface area is 151 Å². The number of hydrogen-bond donors (Lipinski definition) is 1. The number of nitrogens with zero attached hydrogens (tertiary/aromatic N) is 3. The number of methoxy groups -OCH3 is 1. The number of hydrogen-bond acceptors (Lipinski definition) is 6. The van der Waals surface area contributed by atoms with Gasteiger partial charge in [0, 0.05) is 25.1 Å². The molecule has 8 nitrogen and oxygen atoms in total. The van der Waals surface area contributed by atoms with Crippen molar-refractivity contribution in [3.63, 3.8) is 0 Å². The molecule has 2 heterocycles. The second-order valence-corrected chi connectivity index (χ2v) is 6.05. The SMILES string of the molecule is CCc1nnc(CN(CC)C(=O)C2CC(=O)Nc3ccc(OC)cc32)o1. The molecule has 26 heavy (non-hydrogen) atoms. The minimum Gasteiger partial charge on any atom is -0.497 e. The van der Waals surface area contributed by atoms with E-state index in [9.17, 15) is 9.59 Å². The molecule has 2 amide bonds. The normalized spacial score (nSPS) is 16.0. The van der Waals surface area contributed by atoms with Crippen LogP contribution < -0.4 is 10.1 Å². The third kappa shape index (κ3) is 3.54. The molecule has 1 N–H and O–H groups in total. The van der Waals surface area contributed by atoms with Crippen LogP contribution in [0.2, 0.25) is 0 Å². The lowest BCUT2D eigenvalue weighted by molar-refractivity contribution is -0.135. The highest BCUT2D eigenvalue weighted by molar-refractivity contribution is 6.01. The van der Waals surface area contributed by atoms with Crippen molar-refractivity contribution in [3.05, 3.63) is 35.5 Å². The lowest BCUT2D eigenvalue weighted by Crippen LogP contribution is -2.38. The minimum atomic E-state index is -0.567. The predicted molar refractivity (Wildman–Crippen MR) is 93.7 cm³/mol. The average Bonchev–Trinajstić information content (AvgIpc) is 3.12. The molecule has 1 aliphatic heterocycles. The van der Waals surface area contributed by atoms with Gasteiger partial charge in [-0.1, -0.05) is 6.92 Å². The van der Waals surface area contributed by atoms with Crippen molar-refractivity contribution in [1.29, 1.82) is 0 Å². The molecule has 138 valence electrons. The molecular formula is C18H22N4O4. The number of aromatic nitrogens is 2. The second kappa shape index (κ2) is 7.55. The van der Waals surface area contributed by atoms with Crippen molar-refractivity contribution in [2.24, 2.45) is 0 Å². The molecule has 0 saturated heterocycles. The van der Waals surface area contributed by atoms with E-state index in [2.05, 4.69) is 15.5 Å². The van der Waals surface area contributed by atoms with Gasteiger partial charge in [-0.3, -0.25) is 9.59 Å². The molecule has 1 aromatic heterocycles. The summed E-state index contributed by atoms with van der Waals surface area (Å²) in [5.74, 6) is 0.683. The fourth-order valence-electron chi connectivity index (χ4n) is 3.01. The Bertz CT molecular complexity index is 817. The minimum absolute atomic E-state index is 0.0968. The van der Waals surface area contributed by atoms with Crippen LogP contribution in [0.25, 0.3) is 0 Å². The standard InChI is InChI=1S/C18H22N4O4/c1-4-16-20-21-17(26-16)10-22(5-2)18(24)13-9-15(23)19-14-7-6-11(25-3)8-12(13)14/h6-8,13H,4-5,9-10H2,1-3H3,(H,19,23). The number of anilines is 1. The number of likely N-dealkylation sites (N-methyl/N-ethyl adjacent to an activating group) is 1. The van der Waals surface area contributed by atoms with Gasteiger partial charge in [0.05, 0.1) is 19.6 Å². The number of ether oxygens (including phenoxy) is 1.